The number of nitrogens with zero attached hydrogens (tertiary/aromatic N) is 3. The van der Waals surface area contributed by atoms with E-state index in [0.29, 0.717) is 42.9 Å². The number of nitrogens with one attached hydrogen (secondary N) is 3. The van der Waals surface area contributed by atoms with Gasteiger partial charge in [0.15, 0.2) is 23.8 Å². The van der Waals surface area contributed by atoms with Crippen LogP contribution < -0.4 is 33.1 Å². The van der Waals surface area contributed by atoms with Gasteiger partial charge in [0, 0.05) is 18.9 Å². The lowest BCUT2D eigenvalue weighted by molar-refractivity contribution is -0.157. The van der Waals surface area contributed by atoms with E-state index in [-0.39, 0.29) is 37.6 Å². The first-order valence-electron chi connectivity index (χ1n) is 16.9. The highest BCUT2D eigenvalue weighted by atomic mass is 19.1. The van der Waals surface area contributed by atoms with Crippen molar-refractivity contribution in [2.75, 3.05) is 25.0 Å². The van der Waals surface area contributed by atoms with Gasteiger partial charge in [-0.05, 0) is 53.4 Å². The molecule has 20 heteroatoms. The number of guanidine groups is 1. The van der Waals surface area contributed by atoms with Crippen molar-refractivity contribution < 1.29 is 53.2 Å². The second-order valence-electron chi connectivity index (χ2n) is 13.4. The Balaban J connectivity index is 2.15. The molecule has 2 heterocycles. The summed E-state index contributed by atoms with van der Waals surface area (Å²) in [5.74, 6) is -6.11. The molecule has 6 atom stereocenters. The summed E-state index contributed by atoms with van der Waals surface area (Å²) in [5.41, 5.74) is 8.72. The number of amides is 3. The number of ether oxygens (including phenoxy) is 2. The van der Waals surface area contributed by atoms with Crippen LogP contribution in [-0.4, -0.2) is 110 Å². The summed E-state index contributed by atoms with van der Waals surface area (Å²) in [6, 6.07) is -1.30. The van der Waals surface area contributed by atoms with E-state index in [4.69, 9.17) is 20.9 Å². The van der Waals surface area contributed by atoms with Crippen LogP contribution in [0.25, 0.3) is 0 Å². The van der Waals surface area contributed by atoms with Crippen molar-refractivity contribution in [2.24, 2.45) is 22.4 Å². The number of carbonyl (C=O) groups excluding carboxylic acids is 5. The Morgan fingerprint density at radius 2 is 1.77 bits per heavy atom. The second kappa shape index (κ2) is 20.5. The fourth-order valence-corrected chi connectivity index (χ4v) is 5.21. The normalized spacial score (nSPS) is 19.6. The largest absolute Gasteiger partial charge is 0.460 e. The van der Waals surface area contributed by atoms with Crippen LogP contribution in [-0.2, 0) is 33.4 Å². The summed E-state index contributed by atoms with van der Waals surface area (Å²) in [7, 11) is 0. The number of carbonyl (C=O) groups is 5. The fraction of sp³-hybridized carbons (Fsp3) is 0.688. The SMILES string of the molecule is CC(=O)CCCCCC(NC(=O)CNC(=O)C(CCCN=C(N)N)CC(=O)OC(C)(C)C)C(=O)Nc1nc(=O)n([C@@H]2O[C@H](CO)[C@H](O)C2O)cc1F. The van der Waals surface area contributed by atoms with Crippen LogP contribution in [0, 0.1) is 11.7 Å². The molecule has 0 aliphatic carbocycles. The Hall–Kier alpha value is -4.53. The zero-order valence-electron chi connectivity index (χ0n) is 29.8. The number of aliphatic hydroxyl groups excluding tert-OH is 3. The van der Waals surface area contributed by atoms with Gasteiger partial charge in [-0.1, -0.05) is 12.8 Å². The Morgan fingerprint density at radius 3 is 2.37 bits per heavy atom. The van der Waals surface area contributed by atoms with Gasteiger partial charge in [-0.25, -0.2) is 9.18 Å². The Bertz CT molecular complexity index is 1500. The monoisotopic (exact) mass is 742 g/mol. The van der Waals surface area contributed by atoms with E-state index in [2.05, 4.69) is 25.9 Å². The quantitative estimate of drug-likeness (QED) is 0.0326. The maximum absolute atomic E-state index is 15.1. The number of aliphatic imine (C=N–C) groups is 1. The molecule has 1 aromatic rings. The molecule has 2 rings (SSSR count). The molecule has 3 amide bonds. The number of hydrogen-bond acceptors (Lipinski definition) is 13. The van der Waals surface area contributed by atoms with Gasteiger partial charge in [-0.15, -0.1) is 0 Å². The predicted octanol–water partition coefficient (Wildman–Crippen LogP) is -1.53. The van der Waals surface area contributed by atoms with Crippen molar-refractivity contribution in [1.82, 2.24) is 20.2 Å². The second-order valence-corrected chi connectivity index (χ2v) is 13.4. The zero-order chi connectivity index (χ0) is 39.2. The van der Waals surface area contributed by atoms with Crippen molar-refractivity contribution in [3.05, 3.63) is 22.5 Å². The molecule has 1 aromatic heterocycles. The maximum Gasteiger partial charge on any atom is 0.351 e. The van der Waals surface area contributed by atoms with Gasteiger partial charge in [0.1, 0.15) is 35.7 Å². The van der Waals surface area contributed by atoms with Crippen molar-refractivity contribution in [3.63, 3.8) is 0 Å². The number of ketones is 1. The predicted molar refractivity (Wildman–Crippen MR) is 183 cm³/mol. The van der Waals surface area contributed by atoms with Crippen molar-refractivity contribution >= 4 is 41.3 Å². The lowest BCUT2D eigenvalue weighted by atomic mass is 9.98. The van der Waals surface area contributed by atoms with Gasteiger partial charge in [-0.2, -0.15) is 4.98 Å². The molecule has 10 N–H and O–H groups in total. The van der Waals surface area contributed by atoms with Crippen molar-refractivity contribution in [3.8, 4) is 0 Å². The van der Waals surface area contributed by atoms with E-state index in [1.165, 1.54) is 6.92 Å². The van der Waals surface area contributed by atoms with E-state index >= 15 is 4.39 Å². The van der Waals surface area contributed by atoms with Crippen LogP contribution in [0.1, 0.15) is 85.3 Å². The molecule has 1 saturated heterocycles. The van der Waals surface area contributed by atoms with Crippen LogP contribution in [0.4, 0.5) is 10.2 Å². The number of aromatic nitrogens is 2. The first kappa shape index (κ1) is 43.6. The lowest BCUT2D eigenvalue weighted by Crippen LogP contribution is -2.48. The molecule has 1 fully saturated rings. The summed E-state index contributed by atoms with van der Waals surface area (Å²) >= 11 is 0. The standard InChI is InChI=1S/C32H51FN8O11/c1-17(43)9-6-5-7-11-20(28(49)39-26-19(33)15-41(31(50)40-26)29-25(47)24(46)21(16-42)51-29)38-22(44)14-37-27(48)18(10-8-12-36-30(34)35)13-23(45)52-32(2,3)4/h15,18,20-21,24-25,29,42,46-47H,5-14,16H2,1-4H3,(H,37,48)(H,38,44)(H4,34,35,36)(H,39,40,49,50)/t18?,20?,21-,24+,25?,29-/m1/s1. The molecule has 1 aliphatic rings. The van der Waals surface area contributed by atoms with E-state index in [1.54, 1.807) is 20.8 Å². The fourth-order valence-electron chi connectivity index (χ4n) is 5.21. The van der Waals surface area contributed by atoms with Gasteiger partial charge >= 0.3 is 11.7 Å². The first-order valence-corrected chi connectivity index (χ1v) is 16.9. The number of aliphatic hydroxyl groups is 3. The van der Waals surface area contributed by atoms with Crippen LogP contribution in [0.2, 0.25) is 0 Å². The number of unbranched alkanes of at least 4 members (excludes halogenated alkanes) is 2. The highest BCUT2D eigenvalue weighted by Crippen LogP contribution is 2.28. The summed E-state index contributed by atoms with van der Waals surface area (Å²) in [6.07, 6.45) is -3.54. The molecule has 19 nitrogen and oxygen atoms in total. The van der Waals surface area contributed by atoms with Gasteiger partial charge < -0.3 is 57.0 Å². The first-order chi connectivity index (χ1) is 24.3. The molecule has 0 radical (unpaired) electrons. The molecule has 0 saturated carbocycles. The van der Waals surface area contributed by atoms with Gasteiger partial charge in [0.25, 0.3) is 0 Å². The van der Waals surface area contributed by atoms with E-state index in [0.717, 1.165) is 0 Å². The summed E-state index contributed by atoms with van der Waals surface area (Å²) in [5, 5.41) is 36.6. The van der Waals surface area contributed by atoms with Crippen LogP contribution in [0.3, 0.4) is 0 Å². The third kappa shape index (κ3) is 14.6. The molecular weight excluding hydrogens is 691 g/mol. The number of Topliss-reactive ketones (excluding diaryl/α,β-unsaturated/α-hetero) is 1. The third-order valence-electron chi connectivity index (χ3n) is 7.75. The molecule has 52 heavy (non-hydrogen) atoms. The molecule has 1 aliphatic heterocycles. The van der Waals surface area contributed by atoms with Crippen LogP contribution in [0.5, 0.6) is 0 Å². The van der Waals surface area contributed by atoms with Crippen molar-refractivity contribution in [1.29, 1.82) is 0 Å². The van der Waals surface area contributed by atoms with E-state index in [1.807, 2.05) is 0 Å². The van der Waals surface area contributed by atoms with Crippen LogP contribution in [0.15, 0.2) is 16.0 Å². The molecular formula is C32H51FN8O11. The molecule has 3 unspecified atom stereocenters. The Labute approximate surface area is 299 Å². The molecule has 292 valence electrons. The Morgan fingerprint density at radius 1 is 1.08 bits per heavy atom. The molecule has 0 bridgehead atoms. The summed E-state index contributed by atoms with van der Waals surface area (Å²) < 4.78 is 26.3. The molecule has 0 aromatic carbocycles. The number of nitrogens with two attached hydrogens (primary N) is 2. The van der Waals surface area contributed by atoms with Crippen LogP contribution >= 0.6 is 0 Å². The highest BCUT2D eigenvalue weighted by molar-refractivity contribution is 5.97. The number of rotatable bonds is 20. The van der Waals surface area contributed by atoms with Gasteiger partial charge in [-0.3, -0.25) is 28.7 Å². The van der Waals surface area contributed by atoms with Crippen molar-refractivity contribution in [2.45, 2.75) is 115 Å². The average molecular weight is 743 g/mol. The number of halogens is 1. The topological polar surface area (TPSA) is 300 Å². The highest BCUT2D eigenvalue weighted by Gasteiger charge is 2.44. The average Bonchev–Trinajstić information content (AvgIpc) is 3.33. The number of hydrogen-bond donors (Lipinski definition) is 8. The smallest absolute Gasteiger partial charge is 0.351 e. The number of anilines is 1. The lowest BCUT2D eigenvalue weighted by Gasteiger charge is -2.22. The minimum Gasteiger partial charge on any atom is -0.460 e. The minimum absolute atomic E-state index is 0.0206. The van der Waals surface area contributed by atoms with Gasteiger partial charge in [0.2, 0.25) is 17.7 Å². The number of esters is 1. The van der Waals surface area contributed by atoms with Gasteiger partial charge in [0.05, 0.1) is 25.8 Å². The van der Waals surface area contributed by atoms with E-state index in [9.17, 15) is 44.1 Å². The molecule has 0 spiro atoms. The summed E-state index contributed by atoms with van der Waals surface area (Å²) in [6.45, 7) is 5.37. The summed E-state index contributed by atoms with van der Waals surface area (Å²) in [4.78, 5) is 83.3. The Kier molecular flexibility index (Phi) is 17.2. The third-order valence-corrected chi connectivity index (χ3v) is 7.75. The zero-order valence-corrected chi connectivity index (χ0v) is 29.8. The minimum atomic E-state index is -1.70. The maximum atomic E-state index is 15.1. The van der Waals surface area contributed by atoms with E-state index < -0.39 is 96.3 Å².